The van der Waals surface area contributed by atoms with Crippen molar-refractivity contribution >= 4 is 5.82 Å². The average Bonchev–Trinajstić information content (AvgIpc) is 3.73. The summed E-state index contributed by atoms with van der Waals surface area (Å²) in [7, 11) is 1.45. The Balaban J connectivity index is 1.28. The number of ether oxygens (including phenoxy) is 1. The number of aromatic hydroxyl groups is 1. The number of benzene rings is 1. The summed E-state index contributed by atoms with van der Waals surface area (Å²) in [5.41, 5.74) is 0.409. The molecule has 10 heteroatoms. The molecular weight excluding hydrogens is 490 g/mol. The van der Waals surface area contributed by atoms with E-state index in [2.05, 4.69) is 37.3 Å². The van der Waals surface area contributed by atoms with Crippen LogP contribution in [0.15, 0.2) is 36.7 Å². The first-order valence-corrected chi connectivity index (χ1v) is 13.1. The summed E-state index contributed by atoms with van der Waals surface area (Å²) in [4.78, 5) is 10.4. The molecule has 2 saturated heterocycles. The lowest BCUT2D eigenvalue weighted by Gasteiger charge is -2.57. The molecule has 0 amide bonds. The van der Waals surface area contributed by atoms with Crippen molar-refractivity contribution in [3.8, 4) is 34.1 Å². The Hall–Kier alpha value is -3.40. The molecule has 3 aromatic rings. The van der Waals surface area contributed by atoms with Crippen LogP contribution in [0.1, 0.15) is 52.4 Å². The Kier molecular flexibility index (Phi) is 5.97. The minimum atomic E-state index is -1.04. The van der Waals surface area contributed by atoms with Crippen molar-refractivity contribution in [2.75, 3.05) is 12.0 Å². The number of anilines is 1. The van der Waals surface area contributed by atoms with Gasteiger partial charge >= 0.3 is 0 Å². The van der Waals surface area contributed by atoms with Gasteiger partial charge in [-0.15, -0.1) is 10.2 Å². The second kappa shape index (κ2) is 9.11. The van der Waals surface area contributed by atoms with Crippen LogP contribution in [-0.2, 0) is 0 Å². The Morgan fingerprint density at radius 3 is 2.58 bits per heavy atom. The van der Waals surface area contributed by atoms with E-state index >= 15 is 4.39 Å². The van der Waals surface area contributed by atoms with Crippen LogP contribution in [0.25, 0.3) is 22.5 Å². The first-order chi connectivity index (χ1) is 18.2. The Morgan fingerprint density at radius 1 is 1.08 bits per heavy atom. The van der Waals surface area contributed by atoms with E-state index in [0.717, 1.165) is 38.3 Å². The van der Waals surface area contributed by atoms with Crippen LogP contribution in [-0.4, -0.2) is 61.7 Å². The van der Waals surface area contributed by atoms with Gasteiger partial charge in [-0.2, -0.15) is 0 Å². The molecule has 4 heterocycles. The molecule has 2 aliphatic heterocycles. The van der Waals surface area contributed by atoms with Crippen LogP contribution in [0, 0.1) is 5.82 Å². The molecule has 0 unspecified atom stereocenters. The number of rotatable bonds is 6. The van der Waals surface area contributed by atoms with Gasteiger partial charge in [0, 0.05) is 28.7 Å². The highest BCUT2D eigenvalue weighted by Crippen LogP contribution is 2.46. The fourth-order valence-corrected chi connectivity index (χ4v) is 6.38. The fourth-order valence-electron chi connectivity index (χ4n) is 6.38. The summed E-state index contributed by atoms with van der Waals surface area (Å²) in [6, 6.07) is 6.14. The van der Waals surface area contributed by atoms with E-state index in [4.69, 9.17) is 4.74 Å². The molecular formula is C28H32F2N6O2. The molecule has 3 aliphatic rings. The van der Waals surface area contributed by atoms with Crippen molar-refractivity contribution in [2.24, 2.45) is 0 Å². The summed E-state index contributed by atoms with van der Waals surface area (Å²) < 4.78 is 35.5. The monoisotopic (exact) mass is 522 g/mol. The highest BCUT2D eigenvalue weighted by atomic mass is 19.1. The lowest BCUT2D eigenvalue weighted by Crippen LogP contribution is -2.73. The maximum atomic E-state index is 16.0. The number of halogens is 2. The summed E-state index contributed by atoms with van der Waals surface area (Å²) in [5.74, 6) is 0.417. The van der Waals surface area contributed by atoms with Gasteiger partial charge in [-0.05, 0) is 70.1 Å². The Labute approximate surface area is 220 Å². The smallest absolute Gasteiger partial charge is 0.213 e. The first-order valence-electron chi connectivity index (χ1n) is 13.1. The van der Waals surface area contributed by atoms with Gasteiger partial charge in [0.1, 0.15) is 17.7 Å². The van der Waals surface area contributed by atoms with Gasteiger partial charge in [0.05, 0.1) is 31.1 Å². The van der Waals surface area contributed by atoms with Crippen LogP contribution in [0.5, 0.6) is 11.6 Å². The topological polar surface area (TPSA) is 96.3 Å². The molecule has 2 bridgehead atoms. The first kappa shape index (κ1) is 24.9. The second-order valence-electron chi connectivity index (χ2n) is 11.3. The highest BCUT2D eigenvalue weighted by molar-refractivity contribution is 5.73. The molecule has 2 N–H and O–H groups in total. The number of nitrogens with one attached hydrogen (secondary N) is 1. The molecule has 1 aromatic carbocycles. The molecule has 200 valence electrons. The van der Waals surface area contributed by atoms with Crippen molar-refractivity contribution < 1.29 is 18.6 Å². The number of fused-ring (bicyclic) bond motifs is 2. The van der Waals surface area contributed by atoms with E-state index in [9.17, 15) is 9.50 Å². The number of phenols is 1. The summed E-state index contributed by atoms with van der Waals surface area (Å²) in [6.45, 7) is 4.20. The molecule has 0 spiro atoms. The second-order valence-corrected chi connectivity index (χ2v) is 11.3. The number of alkyl halides is 1. The van der Waals surface area contributed by atoms with Gasteiger partial charge < -0.3 is 20.1 Å². The Bertz CT molecular complexity index is 1350. The number of nitrogens with zero attached hydrogens (tertiary/aromatic N) is 5. The average molecular weight is 523 g/mol. The van der Waals surface area contributed by atoms with E-state index in [1.165, 1.54) is 19.2 Å². The van der Waals surface area contributed by atoms with Gasteiger partial charge in [0.25, 0.3) is 0 Å². The van der Waals surface area contributed by atoms with Crippen molar-refractivity contribution in [3.63, 3.8) is 0 Å². The third-order valence-corrected chi connectivity index (χ3v) is 8.32. The zero-order valence-electron chi connectivity index (χ0n) is 21.8. The lowest BCUT2D eigenvalue weighted by molar-refractivity contribution is 0.000258. The van der Waals surface area contributed by atoms with Crippen molar-refractivity contribution in [3.05, 3.63) is 42.5 Å². The molecule has 4 atom stereocenters. The zero-order valence-corrected chi connectivity index (χ0v) is 21.8. The maximum Gasteiger partial charge on any atom is 0.213 e. The molecule has 2 aromatic heterocycles. The molecule has 1 saturated carbocycles. The predicted molar refractivity (Wildman–Crippen MR) is 139 cm³/mol. The largest absolute Gasteiger partial charge is 0.507 e. The predicted octanol–water partition coefficient (Wildman–Crippen LogP) is 4.82. The van der Waals surface area contributed by atoms with Gasteiger partial charge in [-0.1, -0.05) is 6.07 Å². The van der Waals surface area contributed by atoms with Crippen LogP contribution < -0.4 is 15.0 Å². The number of phenolic OH excluding ortho intramolecular Hbond substituents is 1. The lowest BCUT2D eigenvalue weighted by atomic mass is 9.68. The highest BCUT2D eigenvalue weighted by Gasteiger charge is 2.55. The van der Waals surface area contributed by atoms with Crippen molar-refractivity contribution in [1.29, 1.82) is 0 Å². The maximum absolute atomic E-state index is 16.0. The molecule has 0 radical (unpaired) electrons. The van der Waals surface area contributed by atoms with Gasteiger partial charge in [0.15, 0.2) is 11.6 Å². The van der Waals surface area contributed by atoms with Crippen LogP contribution in [0.2, 0.25) is 0 Å². The standard InChI is InChI=1S/C28H32F2N6O2/c1-27-9-4-10-28(2,35-27)25(30)21(13-27)36(17-6-7-17)23-15-32-26(34-33-23)18-8-5-16(11-22(18)37)19-12-24(38-3)31-14-20(19)29/h5,8,11-12,14-15,17,21,25,35,37H,4,6-7,9-10,13H2,1-3H3/t21-,25-,27-,28+/m1/s1. The van der Waals surface area contributed by atoms with Crippen molar-refractivity contribution in [1.82, 2.24) is 25.5 Å². The minimum absolute atomic E-state index is 0.109. The number of aromatic nitrogens is 4. The number of pyridine rings is 1. The number of piperidine rings is 2. The van der Waals surface area contributed by atoms with Gasteiger partial charge in [-0.3, -0.25) is 0 Å². The number of hydrogen-bond acceptors (Lipinski definition) is 8. The molecule has 8 nitrogen and oxygen atoms in total. The van der Waals surface area contributed by atoms with E-state index in [1.54, 1.807) is 18.3 Å². The molecule has 1 aliphatic carbocycles. The van der Waals surface area contributed by atoms with Crippen molar-refractivity contribution in [2.45, 2.75) is 81.7 Å². The third kappa shape index (κ3) is 4.34. The molecule has 38 heavy (non-hydrogen) atoms. The van der Waals surface area contributed by atoms with E-state index < -0.39 is 17.5 Å². The third-order valence-electron chi connectivity index (χ3n) is 8.32. The zero-order chi connectivity index (χ0) is 26.7. The van der Waals surface area contributed by atoms with E-state index in [1.807, 2.05) is 6.92 Å². The molecule has 6 rings (SSSR count). The number of methoxy groups -OCH3 is 1. The normalized spacial score (nSPS) is 28.7. The van der Waals surface area contributed by atoms with Gasteiger partial charge in [-0.25, -0.2) is 18.7 Å². The van der Waals surface area contributed by atoms with Crippen LogP contribution >= 0.6 is 0 Å². The minimum Gasteiger partial charge on any atom is -0.507 e. The number of hydrogen-bond donors (Lipinski definition) is 2. The van der Waals surface area contributed by atoms with E-state index in [0.29, 0.717) is 23.4 Å². The fraction of sp³-hybridized carbons (Fsp3) is 0.500. The Morgan fingerprint density at radius 2 is 1.89 bits per heavy atom. The summed E-state index contributed by atoms with van der Waals surface area (Å²) in [6.07, 6.45) is 7.20. The SMILES string of the molecule is COc1cc(-c2ccc(-c3ncc(N(C4CC4)[C@@H]4C[C@@]5(C)CCC[C@](C)(N5)[C@@H]4F)nn3)c(O)c2)c(F)cn1. The molecule has 3 fully saturated rings. The quantitative estimate of drug-likeness (QED) is 0.476. The van der Waals surface area contributed by atoms with E-state index in [-0.39, 0.29) is 40.6 Å². The van der Waals surface area contributed by atoms with Gasteiger partial charge in [0.2, 0.25) is 5.88 Å². The van der Waals surface area contributed by atoms with Crippen LogP contribution in [0.4, 0.5) is 14.6 Å². The summed E-state index contributed by atoms with van der Waals surface area (Å²) in [5, 5.41) is 23.1. The summed E-state index contributed by atoms with van der Waals surface area (Å²) >= 11 is 0. The van der Waals surface area contributed by atoms with Crippen LogP contribution in [0.3, 0.4) is 0 Å².